The molecule has 0 unspecified atom stereocenters. The summed E-state index contributed by atoms with van der Waals surface area (Å²) in [5, 5.41) is 11.6. The number of aromatic nitrogens is 1. The van der Waals surface area contributed by atoms with Crippen molar-refractivity contribution < 1.29 is 14.2 Å². The number of fused-ring (bicyclic) bond motifs is 2. The molecule has 0 fully saturated rings. The molecule has 4 nitrogen and oxygen atoms in total. The van der Waals surface area contributed by atoms with E-state index >= 15 is 0 Å². The van der Waals surface area contributed by atoms with Crippen LogP contribution < -0.4 is 4.74 Å². The van der Waals surface area contributed by atoms with Crippen LogP contribution in [0.4, 0.5) is 4.39 Å². The van der Waals surface area contributed by atoms with E-state index in [1.807, 2.05) is 19.1 Å². The van der Waals surface area contributed by atoms with Crippen molar-refractivity contribution in [2.24, 2.45) is 0 Å². The minimum Gasteiger partial charge on any atom is -0.504 e. The molecule has 5 rings (SSSR count). The molecule has 1 aliphatic rings. The third-order valence-electron chi connectivity index (χ3n) is 5.64. The van der Waals surface area contributed by atoms with Gasteiger partial charge in [-0.25, -0.2) is 9.37 Å². The maximum atomic E-state index is 13.8. The lowest BCUT2D eigenvalue weighted by molar-refractivity contribution is 0.218. The minimum atomic E-state index is -0.311. The topological polar surface area (TPSA) is 45.6 Å². The molecule has 1 N–H and O–H groups in total. The van der Waals surface area contributed by atoms with Gasteiger partial charge in [-0.3, -0.25) is 4.90 Å². The van der Waals surface area contributed by atoms with E-state index in [0.717, 1.165) is 35.2 Å². The van der Waals surface area contributed by atoms with Crippen LogP contribution in [0.1, 0.15) is 20.9 Å². The van der Waals surface area contributed by atoms with Crippen molar-refractivity contribution >= 4 is 22.2 Å². The van der Waals surface area contributed by atoms with Crippen LogP contribution in [0.25, 0.3) is 22.2 Å². The Labute approximate surface area is 184 Å². The lowest BCUT2D eigenvalue weighted by atomic mass is 10.0. The molecule has 0 bridgehead atoms. The number of aryl methyl sites for hydroxylation is 2. The number of rotatable bonds is 3. The fourth-order valence-electron chi connectivity index (χ4n) is 4.15. The van der Waals surface area contributed by atoms with E-state index in [2.05, 4.69) is 28.9 Å². The Kier molecular flexibility index (Phi) is 5.12. The molecule has 158 valence electrons. The van der Waals surface area contributed by atoms with Gasteiger partial charge in [-0.05, 0) is 61.9 Å². The molecule has 31 heavy (non-hydrogen) atoms. The van der Waals surface area contributed by atoms with Gasteiger partial charge in [0, 0.05) is 52.0 Å². The minimum absolute atomic E-state index is 0.111. The predicted molar refractivity (Wildman–Crippen MR) is 122 cm³/mol. The highest BCUT2D eigenvalue weighted by Crippen LogP contribution is 2.38. The average molecular weight is 435 g/mol. The van der Waals surface area contributed by atoms with E-state index in [4.69, 9.17) is 4.74 Å². The first-order chi connectivity index (χ1) is 15.0. The summed E-state index contributed by atoms with van der Waals surface area (Å²) in [4.78, 5) is 9.61. The van der Waals surface area contributed by atoms with E-state index in [9.17, 15) is 9.50 Å². The number of aromatic hydroxyl groups is 1. The summed E-state index contributed by atoms with van der Waals surface area (Å²) in [5.74, 6) is 0.339. The fourth-order valence-corrected chi connectivity index (χ4v) is 5.08. The van der Waals surface area contributed by atoms with Gasteiger partial charge in [0.25, 0.3) is 0 Å². The average Bonchev–Trinajstić information content (AvgIpc) is 3.01. The smallest absolute Gasteiger partial charge is 0.165 e. The van der Waals surface area contributed by atoms with Gasteiger partial charge in [0.2, 0.25) is 0 Å². The summed E-state index contributed by atoms with van der Waals surface area (Å²) in [6, 6.07) is 14.7. The summed E-state index contributed by atoms with van der Waals surface area (Å²) < 4.78 is 19.7. The summed E-state index contributed by atoms with van der Waals surface area (Å²) in [7, 11) is 0. The largest absolute Gasteiger partial charge is 0.504 e. The second-order valence-electron chi connectivity index (χ2n) is 8.04. The molecule has 2 aromatic carbocycles. The van der Waals surface area contributed by atoms with Crippen molar-refractivity contribution in [3.05, 3.63) is 75.2 Å². The van der Waals surface area contributed by atoms with Gasteiger partial charge in [-0.15, -0.1) is 11.3 Å². The van der Waals surface area contributed by atoms with Gasteiger partial charge in [-0.1, -0.05) is 0 Å². The molecule has 0 atom stereocenters. The molecule has 1 aliphatic heterocycles. The Morgan fingerprint density at radius 1 is 1.13 bits per heavy atom. The molecule has 6 heteroatoms. The first kappa shape index (κ1) is 20.0. The van der Waals surface area contributed by atoms with Crippen LogP contribution in [-0.2, 0) is 13.1 Å². The Bertz CT molecular complexity index is 1280. The summed E-state index contributed by atoms with van der Waals surface area (Å²) >= 11 is 1.80. The van der Waals surface area contributed by atoms with Crippen molar-refractivity contribution in [3.8, 4) is 22.8 Å². The van der Waals surface area contributed by atoms with Gasteiger partial charge in [0.15, 0.2) is 11.5 Å². The Morgan fingerprint density at radius 3 is 2.81 bits per heavy atom. The van der Waals surface area contributed by atoms with Crippen LogP contribution in [-0.4, -0.2) is 28.1 Å². The molecule has 0 aliphatic carbocycles. The van der Waals surface area contributed by atoms with Crippen LogP contribution in [0, 0.1) is 19.7 Å². The van der Waals surface area contributed by atoms with Gasteiger partial charge < -0.3 is 9.84 Å². The summed E-state index contributed by atoms with van der Waals surface area (Å²) in [5.41, 5.74) is 4.05. The quantitative estimate of drug-likeness (QED) is 0.441. The SMILES string of the molecule is Cc1ccc(CN2CCOc3c(O)cc(-c4cc(C)c5ccc(F)cc5n4)cc3C2)s1. The highest BCUT2D eigenvalue weighted by molar-refractivity contribution is 7.11. The number of ether oxygens (including phenoxy) is 1. The molecular weight excluding hydrogens is 411 g/mol. The van der Waals surface area contributed by atoms with E-state index in [1.54, 1.807) is 23.5 Å². The van der Waals surface area contributed by atoms with Gasteiger partial charge in [0.05, 0.1) is 11.2 Å². The van der Waals surface area contributed by atoms with Crippen LogP contribution in [0.5, 0.6) is 11.5 Å². The van der Waals surface area contributed by atoms with E-state index in [1.165, 1.54) is 21.9 Å². The Balaban J connectivity index is 1.52. The molecule has 0 spiro atoms. The maximum absolute atomic E-state index is 13.8. The molecule has 0 radical (unpaired) electrons. The van der Waals surface area contributed by atoms with Crippen LogP contribution in [0.3, 0.4) is 0 Å². The normalized spacial score (nSPS) is 14.3. The number of hydrogen-bond acceptors (Lipinski definition) is 5. The highest BCUT2D eigenvalue weighted by Gasteiger charge is 2.21. The third kappa shape index (κ3) is 4.01. The predicted octanol–water partition coefficient (Wildman–Crippen LogP) is 5.82. The highest BCUT2D eigenvalue weighted by atomic mass is 32.1. The van der Waals surface area contributed by atoms with E-state index in [0.29, 0.717) is 30.1 Å². The lowest BCUT2D eigenvalue weighted by Gasteiger charge is -2.18. The standard InChI is InChI=1S/C25H23FN2O2S/c1-15-9-22(27-23-12-19(26)4-6-21(15)23)17-10-18-13-28(14-20-5-3-16(2)31-20)7-8-30-25(18)24(29)11-17/h3-6,9-12,29H,7-8,13-14H2,1-2H3. The number of nitrogens with zero attached hydrogens (tertiary/aromatic N) is 2. The Hall–Kier alpha value is -2.96. The Morgan fingerprint density at radius 2 is 2.00 bits per heavy atom. The van der Waals surface area contributed by atoms with Crippen molar-refractivity contribution in [3.63, 3.8) is 0 Å². The second kappa shape index (κ2) is 7.94. The van der Waals surface area contributed by atoms with E-state index < -0.39 is 0 Å². The van der Waals surface area contributed by atoms with Crippen molar-refractivity contribution in [2.75, 3.05) is 13.2 Å². The number of pyridine rings is 1. The molecule has 0 saturated heterocycles. The monoisotopic (exact) mass is 434 g/mol. The molecular formula is C25H23FN2O2S. The molecule has 0 amide bonds. The van der Waals surface area contributed by atoms with Crippen LogP contribution in [0.15, 0.2) is 48.5 Å². The van der Waals surface area contributed by atoms with Crippen molar-refractivity contribution in [2.45, 2.75) is 26.9 Å². The molecule has 2 aromatic heterocycles. The number of phenolic OH excluding ortho intramolecular Hbond substituents is 1. The van der Waals surface area contributed by atoms with Gasteiger partial charge >= 0.3 is 0 Å². The number of benzene rings is 2. The zero-order valence-electron chi connectivity index (χ0n) is 17.5. The van der Waals surface area contributed by atoms with Crippen LogP contribution >= 0.6 is 11.3 Å². The number of phenols is 1. The summed E-state index contributed by atoms with van der Waals surface area (Å²) in [6.07, 6.45) is 0. The van der Waals surface area contributed by atoms with Crippen molar-refractivity contribution in [1.82, 2.24) is 9.88 Å². The zero-order valence-corrected chi connectivity index (χ0v) is 18.3. The van der Waals surface area contributed by atoms with Crippen molar-refractivity contribution in [1.29, 1.82) is 0 Å². The first-order valence-corrected chi connectivity index (χ1v) is 11.1. The van der Waals surface area contributed by atoms with E-state index in [-0.39, 0.29) is 11.6 Å². The maximum Gasteiger partial charge on any atom is 0.165 e. The molecule has 3 heterocycles. The summed E-state index contributed by atoms with van der Waals surface area (Å²) in [6.45, 7) is 6.93. The third-order valence-corrected chi connectivity index (χ3v) is 6.63. The second-order valence-corrected chi connectivity index (χ2v) is 9.41. The fraction of sp³-hybridized carbons (Fsp3) is 0.240. The molecule has 4 aromatic rings. The molecule has 0 saturated carbocycles. The van der Waals surface area contributed by atoms with Crippen LogP contribution in [0.2, 0.25) is 0 Å². The van der Waals surface area contributed by atoms with Gasteiger partial charge in [0.1, 0.15) is 12.4 Å². The number of thiophene rings is 1. The first-order valence-electron chi connectivity index (χ1n) is 10.3. The number of halogens is 1. The lowest BCUT2D eigenvalue weighted by Crippen LogP contribution is -2.24. The number of hydrogen-bond donors (Lipinski definition) is 1. The van der Waals surface area contributed by atoms with Gasteiger partial charge in [-0.2, -0.15) is 0 Å². The zero-order chi connectivity index (χ0) is 21.5.